The minimum absolute atomic E-state index is 0.218. The van der Waals surface area contributed by atoms with Gasteiger partial charge in [-0.1, -0.05) is 24.3 Å². The van der Waals surface area contributed by atoms with E-state index in [0.29, 0.717) is 5.84 Å². The Labute approximate surface area is 155 Å². The molecule has 2 aromatic rings. The quantitative estimate of drug-likeness (QED) is 0.325. The zero-order chi connectivity index (χ0) is 19.3. The first-order chi connectivity index (χ1) is 12.4. The molecular formula is C19H29N5O2. The molecule has 0 saturated carbocycles. The van der Waals surface area contributed by atoms with Crippen molar-refractivity contribution in [2.24, 2.45) is 16.7 Å². The minimum Gasteiger partial charge on any atom is -0.496 e. The summed E-state index contributed by atoms with van der Waals surface area (Å²) in [7, 11) is 7.37. The number of nitrogens with two attached hydrogens (primary N) is 2. The van der Waals surface area contributed by atoms with Crippen LogP contribution < -0.4 is 21.1 Å². The molecule has 7 heteroatoms. The molecule has 0 bridgehead atoms. The molecule has 4 N–H and O–H groups in total. The van der Waals surface area contributed by atoms with Crippen molar-refractivity contribution in [2.75, 3.05) is 34.9 Å². The molecular weight excluding hydrogens is 330 g/mol. The average Bonchev–Trinajstić information content (AvgIpc) is 2.60. The summed E-state index contributed by atoms with van der Waals surface area (Å²) < 4.78 is 11.4. The number of hydrazone groups is 1. The lowest BCUT2D eigenvalue weighted by Gasteiger charge is -2.29. The zero-order valence-electron chi connectivity index (χ0n) is 16.2. The number of hydrogen-bond acceptors (Lipinski definition) is 6. The lowest BCUT2D eigenvalue weighted by molar-refractivity contribution is 0.183. The van der Waals surface area contributed by atoms with Crippen LogP contribution >= 0.6 is 0 Å². The van der Waals surface area contributed by atoms with Crippen molar-refractivity contribution >= 4 is 16.6 Å². The minimum atomic E-state index is -0.218. The zero-order valence-corrected chi connectivity index (χ0v) is 16.2. The predicted octanol–water partition coefficient (Wildman–Crippen LogP) is 2.32. The van der Waals surface area contributed by atoms with Crippen molar-refractivity contribution < 1.29 is 9.47 Å². The average molecular weight is 359 g/mol. The van der Waals surface area contributed by atoms with Crippen LogP contribution in [0, 0.1) is 0 Å². The normalized spacial score (nSPS) is 13.1. The molecule has 2 rings (SSSR count). The van der Waals surface area contributed by atoms with Gasteiger partial charge < -0.3 is 20.1 Å². The topological polar surface area (TPSA) is 89.3 Å². The van der Waals surface area contributed by atoms with Gasteiger partial charge in [0.1, 0.15) is 17.3 Å². The lowest BCUT2D eigenvalue weighted by atomic mass is 9.97. The molecule has 7 nitrogen and oxygen atoms in total. The van der Waals surface area contributed by atoms with E-state index in [0.717, 1.165) is 40.8 Å². The molecule has 0 radical (unpaired) electrons. The van der Waals surface area contributed by atoms with Crippen molar-refractivity contribution in [3.05, 3.63) is 35.9 Å². The van der Waals surface area contributed by atoms with Crippen LogP contribution in [0.15, 0.2) is 35.4 Å². The summed E-state index contributed by atoms with van der Waals surface area (Å²) in [4.78, 5) is 2.10. The maximum Gasteiger partial charge on any atom is 0.132 e. The van der Waals surface area contributed by atoms with Gasteiger partial charge in [0.05, 0.1) is 20.3 Å². The van der Waals surface area contributed by atoms with E-state index in [1.807, 2.05) is 44.4 Å². The fraction of sp³-hybridized carbons (Fsp3) is 0.421. The molecule has 0 aromatic heterocycles. The lowest BCUT2D eigenvalue weighted by Crippen LogP contribution is -2.34. The van der Waals surface area contributed by atoms with E-state index >= 15 is 0 Å². The van der Waals surface area contributed by atoms with Crippen LogP contribution in [0.1, 0.15) is 24.9 Å². The Morgan fingerprint density at radius 1 is 1.15 bits per heavy atom. The highest BCUT2D eigenvalue weighted by molar-refractivity contribution is 5.94. The molecule has 26 heavy (non-hydrogen) atoms. The summed E-state index contributed by atoms with van der Waals surface area (Å²) in [5.74, 6) is 8.18. The van der Waals surface area contributed by atoms with Crippen molar-refractivity contribution in [1.82, 2.24) is 10.0 Å². The monoisotopic (exact) mass is 359 g/mol. The number of amidine groups is 1. The van der Waals surface area contributed by atoms with Crippen LogP contribution in [0.2, 0.25) is 0 Å². The summed E-state index contributed by atoms with van der Waals surface area (Å²) in [6.45, 7) is 2.54. The summed E-state index contributed by atoms with van der Waals surface area (Å²) in [6.07, 6.45) is 0.748. The Morgan fingerprint density at radius 2 is 1.81 bits per heavy atom. The van der Waals surface area contributed by atoms with E-state index < -0.39 is 0 Å². The first-order valence-electron chi connectivity index (χ1n) is 8.52. The van der Waals surface area contributed by atoms with Gasteiger partial charge in [0.2, 0.25) is 0 Å². The number of ether oxygens (including phenoxy) is 2. The van der Waals surface area contributed by atoms with E-state index in [4.69, 9.17) is 21.1 Å². The fourth-order valence-electron chi connectivity index (χ4n) is 3.04. The predicted molar refractivity (Wildman–Crippen MR) is 106 cm³/mol. The Morgan fingerprint density at radius 3 is 2.35 bits per heavy atom. The van der Waals surface area contributed by atoms with Gasteiger partial charge in [0.15, 0.2) is 0 Å². The van der Waals surface area contributed by atoms with Crippen molar-refractivity contribution in [3.63, 3.8) is 0 Å². The number of fused-ring (bicyclic) bond motifs is 1. The van der Waals surface area contributed by atoms with Crippen LogP contribution in [0.5, 0.6) is 11.5 Å². The highest BCUT2D eigenvalue weighted by atomic mass is 16.5. The number of benzene rings is 2. The molecule has 1 atom stereocenters. The van der Waals surface area contributed by atoms with Crippen LogP contribution in [0.25, 0.3) is 10.8 Å². The number of hydrazine groups is 1. The summed E-state index contributed by atoms with van der Waals surface area (Å²) in [5.41, 5.74) is 6.66. The smallest absolute Gasteiger partial charge is 0.132 e. The van der Waals surface area contributed by atoms with Crippen molar-refractivity contribution in [1.29, 1.82) is 0 Å². The molecule has 1 unspecified atom stereocenters. The third-order valence-electron chi connectivity index (χ3n) is 4.21. The van der Waals surface area contributed by atoms with Gasteiger partial charge >= 0.3 is 0 Å². The standard InChI is InChI=1S/C19H29N5O2/c1-13(20)22-24(21)17(10-11-23(2)3)16-12-18(25-4)14-8-6-7-9-15(14)19(16)26-5/h6-9,12,17H,10-11,21H2,1-5H3,(H2,20,22). The molecule has 0 heterocycles. The highest BCUT2D eigenvalue weighted by Crippen LogP contribution is 2.41. The molecule has 2 aromatic carbocycles. The second-order valence-electron chi connectivity index (χ2n) is 6.48. The Hall–Kier alpha value is -2.51. The van der Waals surface area contributed by atoms with Gasteiger partial charge in [-0.3, -0.25) is 0 Å². The Kier molecular flexibility index (Phi) is 6.65. The summed E-state index contributed by atoms with van der Waals surface area (Å²) in [6, 6.07) is 9.74. The maximum absolute atomic E-state index is 6.25. The van der Waals surface area contributed by atoms with E-state index in [2.05, 4.69) is 10.0 Å². The second-order valence-corrected chi connectivity index (χ2v) is 6.48. The van der Waals surface area contributed by atoms with E-state index in [9.17, 15) is 0 Å². The van der Waals surface area contributed by atoms with Crippen molar-refractivity contribution in [2.45, 2.75) is 19.4 Å². The van der Waals surface area contributed by atoms with E-state index in [1.54, 1.807) is 21.1 Å². The molecule has 0 spiro atoms. The summed E-state index contributed by atoms with van der Waals surface area (Å²) in [5, 5.41) is 7.60. The number of nitrogens with zero attached hydrogens (tertiary/aromatic N) is 3. The van der Waals surface area contributed by atoms with Gasteiger partial charge in [-0.2, -0.15) is 0 Å². The molecule has 0 fully saturated rings. The van der Waals surface area contributed by atoms with Crippen molar-refractivity contribution in [3.8, 4) is 11.5 Å². The van der Waals surface area contributed by atoms with Crippen LogP contribution in [-0.4, -0.2) is 50.7 Å². The molecule has 0 aliphatic carbocycles. The third kappa shape index (κ3) is 4.36. The van der Waals surface area contributed by atoms with Gasteiger partial charge in [0, 0.05) is 16.3 Å². The first-order valence-corrected chi connectivity index (χ1v) is 8.52. The van der Waals surface area contributed by atoms with Gasteiger partial charge in [-0.25, -0.2) is 11.0 Å². The molecule has 0 amide bonds. The Balaban J connectivity index is 2.65. The third-order valence-corrected chi connectivity index (χ3v) is 4.21. The van der Waals surface area contributed by atoms with Gasteiger partial charge in [-0.15, -0.1) is 5.10 Å². The summed E-state index contributed by atoms with van der Waals surface area (Å²) >= 11 is 0. The SMILES string of the molecule is COc1cc(C(CCN(C)C)N(N)/N=C(/C)N)c(OC)c2ccccc12. The largest absolute Gasteiger partial charge is 0.496 e. The maximum atomic E-state index is 6.25. The first kappa shape index (κ1) is 19.8. The molecule has 0 saturated heterocycles. The van der Waals surface area contributed by atoms with E-state index in [-0.39, 0.29) is 6.04 Å². The van der Waals surface area contributed by atoms with Gasteiger partial charge in [-0.05, 0) is 40.1 Å². The molecule has 0 aliphatic heterocycles. The van der Waals surface area contributed by atoms with Crippen LogP contribution in [0.3, 0.4) is 0 Å². The van der Waals surface area contributed by atoms with Crippen LogP contribution in [0.4, 0.5) is 0 Å². The number of hydrogen-bond donors (Lipinski definition) is 2. The van der Waals surface area contributed by atoms with Gasteiger partial charge in [0.25, 0.3) is 0 Å². The van der Waals surface area contributed by atoms with Crippen LogP contribution in [-0.2, 0) is 0 Å². The second kappa shape index (κ2) is 8.73. The Bertz CT molecular complexity index is 772. The number of methoxy groups -OCH3 is 2. The molecule has 0 aliphatic rings. The number of rotatable bonds is 8. The highest BCUT2D eigenvalue weighted by Gasteiger charge is 2.24. The molecule has 142 valence electrons. The fourth-order valence-corrected chi connectivity index (χ4v) is 3.04. The van der Waals surface area contributed by atoms with E-state index in [1.165, 1.54) is 5.12 Å².